The van der Waals surface area contributed by atoms with Gasteiger partial charge in [0, 0.05) is 52.8 Å². The van der Waals surface area contributed by atoms with Crippen molar-refractivity contribution in [2.75, 3.05) is 0 Å². The van der Waals surface area contributed by atoms with Crippen LogP contribution in [0.3, 0.4) is 0 Å². The molecule has 0 N–H and O–H groups in total. The Bertz CT molecular complexity index is 2980. The van der Waals surface area contributed by atoms with Crippen molar-refractivity contribution in [3.8, 4) is 17.2 Å². The summed E-state index contributed by atoms with van der Waals surface area (Å²) in [5.74, 6) is 2.41. The number of fused-ring (bicyclic) bond motifs is 14. The minimum absolute atomic E-state index is 0.631. The number of hydrogen-bond donors (Lipinski definition) is 0. The molecule has 1 aliphatic rings. The average molecular weight is 620 g/mol. The number of benzene rings is 6. The second-order valence-corrected chi connectivity index (χ2v) is 13.5. The topological polar surface area (TPSA) is 43.9 Å². The van der Waals surface area contributed by atoms with E-state index < -0.39 is 0 Å². The molecule has 0 radical (unpaired) electrons. The van der Waals surface area contributed by atoms with Crippen LogP contribution in [0, 0.1) is 0 Å². The lowest BCUT2D eigenvalue weighted by Gasteiger charge is -2.14. The van der Waals surface area contributed by atoms with Crippen molar-refractivity contribution in [1.29, 1.82) is 0 Å². The van der Waals surface area contributed by atoms with E-state index in [2.05, 4.69) is 132 Å². The van der Waals surface area contributed by atoms with E-state index in [1.807, 2.05) is 11.3 Å². The van der Waals surface area contributed by atoms with Crippen molar-refractivity contribution < 1.29 is 4.42 Å². The Kier molecular flexibility index (Phi) is 5.07. The second kappa shape index (κ2) is 9.38. The summed E-state index contributed by atoms with van der Waals surface area (Å²) in [6.45, 7) is 0. The van der Waals surface area contributed by atoms with Crippen LogP contribution in [0.4, 0.5) is 0 Å². The maximum Gasteiger partial charge on any atom is 0.232 e. The van der Waals surface area contributed by atoms with Gasteiger partial charge in [0.2, 0.25) is 5.71 Å². The van der Waals surface area contributed by atoms with Crippen LogP contribution in [-0.4, -0.2) is 14.5 Å². The van der Waals surface area contributed by atoms with Crippen molar-refractivity contribution in [2.24, 2.45) is 0 Å². The monoisotopic (exact) mass is 619 g/mol. The molecule has 0 spiro atoms. The van der Waals surface area contributed by atoms with Crippen LogP contribution >= 0.6 is 11.3 Å². The third-order valence-electron chi connectivity index (χ3n) is 9.86. The Balaban J connectivity index is 1.36. The summed E-state index contributed by atoms with van der Waals surface area (Å²) in [7, 11) is 0. The predicted octanol–water partition coefficient (Wildman–Crippen LogP) is 11.6. The quantitative estimate of drug-likeness (QED) is 0.193. The molecule has 4 aromatic heterocycles. The minimum Gasteiger partial charge on any atom is -0.438 e. The fourth-order valence-electron chi connectivity index (χ4n) is 7.81. The van der Waals surface area contributed by atoms with E-state index in [1.165, 1.54) is 58.2 Å². The molecule has 10 aromatic rings. The van der Waals surface area contributed by atoms with Crippen molar-refractivity contribution in [3.63, 3.8) is 0 Å². The number of hydrogen-bond acceptors (Lipinski definition) is 4. The van der Waals surface area contributed by atoms with Crippen LogP contribution in [-0.2, 0) is 6.42 Å². The molecule has 0 atom stereocenters. The number of furan rings is 1. The van der Waals surface area contributed by atoms with Crippen molar-refractivity contribution in [1.82, 2.24) is 14.5 Å². The molecule has 6 aromatic carbocycles. The van der Waals surface area contributed by atoms with Gasteiger partial charge in [0.1, 0.15) is 5.76 Å². The van der Waals surface area contributed by atoms with Gasteiger partial charge in [-0.1, -0.05) is 103 Å². The standard InChI is InChI=1S/C42H25N3OS/c1-2-12-25-23-26(22-21-24(25)11-1)40-43-41(37-30-16-6-9-19-33(30)46-42(37)44-40)45-32-18-8-5-15-29(32)35-36-31-17-7-10-20-34(31)47-39(36)28-14-4-3-13-27(28)38(35)45/h1-5,7-15,17-23H,6,16H2. The molecule has 0 aliphatic heterocycles. The van der Waals surface area contributed by atoms with Gasteiger partial charge in [-0.25, -0.2) is 4.98 Å². The molecule has 47 heavy (non-hydrogen) atoms. The highest BCUT2D eigenvalue weighted by Gasteiger charge is 2.27. The number of aryl methyl sites for hydroxylation is 1. The summed E-state index contributed by atoms with van der Waals surface area (Å²) in [5.41, 5.74) is 5.07. The van der Waals surface area contributed by atoms with Crippen LogP contribution in [0.15, 0.2) is 126 Å². The zero-order valence-corrected chi connectivity index (χ0v) is 26.0. The highest BCUT2D eigenvalue weighted by molar-refractivity contribution is 7.27. The van der Waals surface area contributed by atoms with Gasteiger partial charge in [-0.2, -0.15) is 4.98 Å². The third kappa shape index (κ3) is 3.46. The van der Waals surface area contributed by atoms with E-state index >= 15 is 0 Å². The number of para-hydroxylation sites is 1. The Morgan fingerprint density at radius 2 is 1.43 bits per heavy atom. The minimum atomic E-state index is 0.631. The van der Waals surface area contributed by atoms with Crippen LogP contribution in [0.1, 0.15) is 17.7 Å². The molecule has 0 amide bonds. The Morgan fingerprint density at radius 1 is 0.660 bits per heavy atom. The van der Waals surface area contributed by atoms with Crippen molar-refractivity contribution in [2.45, 2.75) is 12.8 Å². The lowest BCUT2D eigenvalue weighted by atomic mass is 9.99. The van der Waals surface area contributed by atoms with Gasteiger partial charge in [-0.05, 0) is 47.9 Å². The Morgan fingerprint density at radius 3 is 2.34 bits per heavy atom. The largest absolute Gasteiger partial charge is 0.438 e. The number of thiophene rings is 1. The molecular weight excluding hydrogens is 595 g/mol. The first-order chi connectivity index (χ1) is 23.3. The molecule has 0 saturated carbocycles. The summed E-state index contributed by atoms with van der Waals surface area (Å²) >= 11 is 1.89. The van der Waals surface area contributed by atoms with E-state index in [0.29, 0.717) is 11.5 Å². The summed E-state index contributed by atoms with van der Waals surface area (Å²) in [4.78, 5) is 10.6. The normalized spacial score (nSPS) is 13.3. The molecule has 220 valence electrons. The first-order valence-corrected chi connectivity index (χ1v) is 16.9. The smallest absolute Gasteiger partial charge is 0.232 e. The maximum atomic E-state index is 6.56. The molecule has 4 heterocycles. The molecule has 4 nitrogen and oxygen atoms in total. The van der Waals surface area contributed by atoms with E-state index in [9.17, 15) is 0 Å². The number of aromatic nitrogens is 3. The maximum absolute atomic E-state index is 6.56. The Hall–Kier alpha value is -5.78. The van der Waals surface area contributed by atoms with Crippen LogP contribution in [0.5, 0.6) is 0 Å². The summed E-state index contributed by atoms with van der Waals surface area (Å²) in [6, 6.07) is 41.4. The SMILES string of the molecule is C1=Cc2oc3nc(-c4ccc5ccccc5c4)nc(-n4c5ccccc5c5c6c7ccccc7sc6c6ccccc6c54)c3c2CC1. The van der Waals surface area contributed by atoms with Gasteiger partial charge < -0.3 is 4.42 Å². The summed E-state index contributed by atoms with van der Waals surface area (Å²) in [6.07, 6.45) is 6.14. The van der Waals surface area contributed by atoms with E-state index in [1.54, 1.807) is 0 Å². The van der Waals surface area contributed by atoms with Gasteiger partial charge >= 0.3 is 0 Å². The molecular formula is C42H25N3OS. The van der Waals surface area contributed by atoms with Crippen LogP contribution < -0.4 is 0 Å². The average Bonchev–Trinajstić information content (AvgIpc) is 3.81. The first-order valence-electron chi connectivity index (χ1n) is 16.1. The Labute approximate surface area is 272 Å². The lowest BCUT2D eigenvalue weighted by Crippen LogP contribution is -2.04. The predicted molar refractivity (Wildman–Crippen MR) is 197 cm³/mol. The fraction of sp³-hybridized carbons (Fsp3) is 0.0476. The highest BCUT2D eigenvalue weighted by Crippen LogP contribution is 2.48. The van der Waals surface area contributed by atoms with E-state index in [0.717, 1.165) is 46.3 Å². The van der Waals surface area contributed by atoms with Crippen molar-refractivity contribution in [3.05, 3.63) is 133 Å². The van der Waals surface area contributed by atoms with Gasteiger partial charge in [-0.3, -0.25) is 4.57 Å². The molecule has 1 aliphatic carbocycles. The number of nitrogens with zero attached hydrogens (tertiary/aromatic N) is 3. The number of allylic oxidation sites excluding steroid dienone is 1. The molecule has 11 rings (SSSR count). The fourth-order valence-corrected chi connectivity index (χ4v) is 9.06. The van der Waals surface area contributed by atoms with Gasteiger partial charge in [0.05, 0.1) is 16.4 Å². The molecule has 0 bridgehead atoms. The lowest BCUT2D eigenvalue weighted by molar-refractivity contribution is 0.584. The van der Waals surface area contributed by atoms with E-state index in [-0.39, 0.29) is 0 Å². The zero-order valence-electron chi connectivity index (χ0n) is 25.2. The molecule has 0 unspecified atom stereocenters. The van der Waals surface area contributed by atoms with Gasteiger partial charge in [-0.15, -0.1) is 11.3 Å². The second-order valence-electron chi connectivity index (χ2n) is 12.4. The zero-order chi connectivity index (χ0) is 30.6. The van der Waals surface area contributed by atoms with Crippen LogP contribution in [0.25, 0.3) is 97.9 Å². The third-order valence-corrected chi connectivity index (χ3v) is 11.1. The summed E-state index contributed by atoms with van der Waals surface area (Å²) in [5, 5.41) is 10.9. The van der Waals surface area contributed by atoms with E-state index in [4.69, 9.17) is 14.4 Å². The molecule has 5 heteroatoms. The summed E-state index contributed by atoms with van der Waals surface area (Å²) < 4.78 is 11.6. The van der Waals surface area contributed by atoms with Crippen molar-refractivity contribution >= 4 is 92.0 Å². The number of rotatable bonds is 2. The van der Waals surface area contributed by atoms with Gasteiger partial charge in [0.25, 0.3) is 0 Å². The molecule has 0 fully saturated rings. The first kappa shape index (κ1) is 25.4. The highest BCUT2D eigenvalue weighted by atomic mass is 32.1. The van der Waals surface area contributed by atoms with Gasteiger partial charge in [0.15, 0.2) is 11.6 Å². The van der Waals surface area contributed by atoms with Crippen LogP contribution in [0.2, 0.25) is 0 Å². The molecule has 0 saturated heterocycles.